The summed E-state index contributed by atoms with van der Waals surface area (Å²) in [7, 11) is 0. The predicted molar refractivity (Wildman–Crippen MR) is 111 cm³/mol. The molecule has 0 spiro atoms. The molecule has 31 heavy (non-hydrogen) atoms. The highest BCUT2D eigenvalue weighted by Crippen LogP contribution is 2.30. The van der Waals surface area contributed by atoms with Crippen molar-refractivity contribution >= 4 is 34.6 Å². The lowest BCUT2D eigenvalue weighted by Crippen LogP contribution is -2.08. The average Bonchev–Trinajstić information content (AvgIpc) is 2.67. The van der Waals surface area contributed by atoms with Crippen LogP contribution in [0.15, 0.2) is 60.7 Å². The molecule has 0 aromatic heterocycles. The molecule has 3 aromatic rings. The van der Waals surface area contributed by atoms with Crippen molar-refractivity contribution in [1.82, 2.24) is 0 Å². The van der Waals surface area contributed by atoms with Gasteiger partial charge in [-0.1, -0.05) is 0 Å². The van der Waals surface area contributed by atoms with Gasteiger partial charge in [0.1, 0.15) is 23.2 Å². The molecule has 0 aliphatic carbocycles. The highest BCUT2D eigenvalue weighted by Gasteiger charge is 2.23. The fraction of sp³-hybridized carbons (Fsp3) is 0.0455. The predicted octanol–water partition coefficient (Wildman–Crippen LogP) is 7.17. The largest absolute Gasteiger partial charge is 0.423 e. The topological polar surface area (TPSA) is 26.3 Å². The lowest BCUT2D eigenvalue weighted by molar-refractivity contribution is -0.0790. The van der Waals surface area contributed by atoms with Crippen LogP contribution in [0.4, 0.5) is 26.3 Å². The molecule has 2 nitrogen and oxygen atoms in total. The van der Waals surface area contributed by atoms with Crippen molar-refractivity contribution in [3.05, 3.63) is 92.8 Å². The molecule has 0 unspecified atom stereocenters. The van der Waals surface area contributed by atoms with Crippen molar-refractivity contribution in [2.45, 2.75) is 6.18 Å². The van der Waals surface area contributed by atoms with E-state index in [1.807, 2.05) is 0 Å². The Kier molecular flexibility index (Phi) is 6.73. The van der Waals surface area contributed by atoms with Gasteiger partial charge in [0.05, 0.1) is 5.56 Å². The van der Waals surface area contributed by atoms with Crippen LogP contribution in [-0.4, -0.2) is 12.1 Å². The molecule has 0 fully saturated rings. The number of esters is 1. The van der Waals surface area contributed by atoms with Crippen molar-refractivity contribution < 1.29 is 35.9 Å². The summed E-state index contributed by atoms with van der Waals surface area (Å²) in [5.41, 5.74) is -1.11. The van der Waals surface area contributed by atoms with Crippen LogP contribution in [0.25, 0.3) is 17.2 Å². The molecule has 3 aromatic carbocycles. The van der Waals surface area contributed by atoms with E-state index in [0.717, 1.165) is 27.8 Å². The zero-order valence-corrected chi connectivity index (χ0v) is 17.5. The molecule has 0 amide bonds. The zero-order valence-electron chi connectivity index (χ0n) is 15.3. The molecule has 0 radical (unpaired) electrons. The van der Waals surface area contributed by atoms with E-state index >= 15 is 0 Å². The third-order valence-corrected chi connectivity index (χ3v) is 4.78. The fourth-order valence-electron chi connectivity index (χ4n) is 2.62. The Hall–Kier alpha value is -2.82. The Labute approximate surface area is 186 Å². The third kappa shape index (κ3) is 5.87. The first-order valence-electron chi connectivity index (χ1n) is 8.56. The van der Waals surface area contributed by atoms with Gasteiger partial charge >= 0.3 is 12.1 Å². The summed E-state index contributed by atoms with van der Waals surface area (Å²) < 4.78 is 85.5. The van der Waals surface area contributed by atoms with Crippen LogP contribution in [0.2, 0.25) is 0 Å². The molecule has 160 valence electrons. The summed E-state index contributed by atoms with van der Waals surface area (Å²) in [5.74, 6) is -4.37. The highest BCUT2D eigenvalue weighted by molar-refractivity contribution is 14.1. The Morgan fingerprint density at radius 2 is 1.48 bits per heavy atom. The zero-order chi connectivity index (χ0) is 22.8. The molecule has 0 N–H and O–H groups in total. The summed E-state index contributed by atoms with van der Waals surface area (Å²) in [6, 6.07) is 11.1. The molecule has 0 aliphatic heterocycles. The molecule has 0 bridgehead atoms. The molecule has 9 heteroatoms. The molecular formula is C22H11F6IO2. The number of ether oxygens (including phenoxy) is 1. The minimum absolute atomic E-state index is 0.129. The first kappa shape index (κ1) is 22.9. The second-order valence-electron chi connectivity index (χ2n) is 6.27. The van der Waals surface area contributed by atoms with E-state index in [-0.39, 0.29) is 34.6 Å². The number of hydrogen-bond acceptors (Lipinski definition) is 2. The fourth-order valence-corrected chi connectivity index (χ4v) is 2.98. The van der Waals surface area contributed by atoms with Crippen molar-refractivity contribution in [2.75, 3.05) is 0 Å². The second kappa shape index (κ2) is 9.13. The maximum absolute atomic E-state index is 14.5. The van der Waals surface area contributed by atoms with Gasteiger partial charge in [-0.05, 0) is 82.8 Å². The summed E-state index contributed by atoms with van der Waals surface area (Å²) >= 11 is 2.06. The lowest BCUT2D eigenvalue weighted by Gasteiger charge is -2.09. The first-order valence-corrected chi connectivity index (χ1v) is 9.64. The maximum Gasteiger partial charge on any atom is 0.409 e. The van der Waals surface area contributed by atoms with Gasteiger partial charge in [-0.3, -0.25) is 0 Å². The van der Waals surface area contributed by atoms with Crippen molar-refractivity contribution in [3.8, 4) is 16.9 Å². The summed E-state index contributed by atoms with van der Waals surface area (Å²) in [6.07, 6.45) is -4.78. The number of rotatable bonds is 4. The summed E-state index contributed by atoms with van der Waals surface area (Å²) in [5, 5.41) is 0. The molecule has 0 saturated carbocycles. The summed E-state index contributed by atoms with van der Waals surface area (Å²) in [6.45, 7) is 0. The number of carbonyl (C=O) groups excluding carboxylic acids is 1. The van der Waals surface area contributed by atoms with Crippen LogP contribution in [0.3, 0.4) is 0 Å². The average molecular weight is 548 g/mol. The van der Waals surface area contributed by atoms with Crippen LogP contribution in [0, 0.1) is 21.0 Å². The van der Waals surface area contributed by atoms with E-state index in [2.05, 4.69) is 22.6 Å². The quantitative estimate of drug-likeness (QED) is 0.150. The van der Waals surface area contributed by atoms with Gasteiger partial charge in [0, 0.05) is 26.8 Å². The van der Waals surface area contributed by atoms with Gasteiger partial charge in [-0.15, -0.1) is 0 Å². The highest BCUT2D eigenvalue weighted by atomic mass is 127. The minimum Gasteiger partial charge on any atom is -0.423 e. The standard InChI is InChI=1S/C22H11F6IO2/c23-18-9-13(10-19(24)17(18)7-8-22(26,27)28)16-6-5-15(11-20(16)25)31-21(30)12-1-3-14(29)4-2-12/h1-11H/b8-7+. The van der Waals surface area contributed by atoms with E-state index < -0.39 is 35.2 Å². The number of allylic oxidation sites excluding steroid dienone is 1. The van der Waals surface area contributed by atoms with E-state index in [9.17, 15) is 31.1 Å². The normalized spacial score (nSPS) is 11.7. The number of benzene rings is 3. The SMILES string of the molecule is O=C(Oc1ccc(-c2cc(F)c(/C=C/C(F)(F)F)c(F)c2)c(F)c1)c1ccc(I)cc1. The molecule has 0 saturated heterocycles. The van der Waals surface area contributed by atoms with E-state index in [0.29, 0.717) is 0 Å². The molecular weight excluding hydrogens is 537 g/mol. The van der Waals surface area contributed by atoms with Crippen molar-refractivity contribution in [2.24, 2.45) is 0 Å². The third-order valence-electron chi connectivity index (χ3n) is 4.06. The van der Waals surface area contributed by atoms with E-state index in [1.54, 1.807) is 12.1 Å². The van der Waals surface area contributed by atoms with Crippen LogP contribution in [0.5, 0.6) is 5.75 Å². The monoisotopic (exact) mass is 548 g/mol. The minimum atomic E-state index is -4.74. The maximum atomic E-state index is 14.5. The van der Waals surface area contributed by atoms with Gasteiger partial charge in [0.25, 0.3) is 0 Å². The number of alkyl halides is 3. The van der Waals surface area contributed by atoms with Crippen molar-refractivity contribution in [3.63, 3.8) is 0 Å². The summed E-state index contributed by atoms with van der Waals surface area (Å²) in [4.78, 5) is 12.1. The second-order valence-corrected chi connectivity index (χ2v) is 7.51. The van der Waals surface area contributed by atoms with Crippen molar-refractivity contribution in [1.29, 1.82) is 0 Å². The van der Waals surface area contributed by atoms with E-state index in [1.165, 1.54) is 18.2 Å². The van der Waals surface area contributed by atoms with Gasteiger partial charge in [0.15, 0.2) is 0 Å². The number of hydrogen-bond donors (Lipinski definition) is 0. The Morgan fingerprint density at radius 3 is 2.03 bits per heavy atom. The van der Waals surface area contributed by atoms with Gasteiger partial charge in [-0.25, -0.2) is 18.0 Å². The van der Waals surface area contributed by atoms with Crippen LogP contribution < -0.4 is 4.74 Å². The van der Waals surface area contributed by atoms with Crippen LogP contribution in [0.1, 0.15) is 15.9 Å². The first-order chi connectivity index (χ1) is 14.5. The Morgan fingerprint density at radius 1 is 0.871 bits per heavy atom. The Bertz CT molecular complexity index is 1130. The molecule has 0 heterocycles. The van der Waals surface area contributed by atoms with Gasteiger partial charge in [-0.2, -0.15) is 13.2 Å². The molecule has 0 atom stereocenters. The Balaban J connectivity index is 1.85. The van der Waals surface area contributed by atoms with Crippen LogP contribution >= 0.6 is 22.6 Å². The van der Waals surface area contributed by atoms with Crippen LogP contribution in [-0.2, 0) is 0 Å². The number of halogens is 7. The number of carbonyl (C=O) groups is 1. The molecule has 0 aliphatic rings. The van der Waals surface area contributed by atoms with Gasteiger partial charge < -0.3 is 4.74 Å². The lowest BCUT2D eigenvalue weighted by atomic mass is 10.0. The molecule has 3 rings (SSSR count). The van der Waals surface area contributed by atoms with E-state index in [4.69, 9.17) is 4.74 Å². The smallest absolute Gasteiger partial charge is 0.409 e. The van der Waals surface area contributed by atoms with Gasteiger partial charge in [0.2, 0.25) is 0 Å².